The Morgan fingerprint density at radius 1 is 1.11 bits per heavy atom. The van der Waals surface area contributed by atoms with Gasteiger partial charge in [-0.3, -0.25) is 9.36 Å². The first-order chi connectivity index (χ1) is 21.3. The van der Waals surface area contributed by atoms with Crippen molar-refractivity contribution < 1.29 is 28.2 Å². The van der Waals surface area contributed by atoms with E-state index in [1.54, 1.807) is 62.6 Å². The molecule has 2 aromatic heterocycles. The molecule has 0 bridgehead atoms. The predicted molar refractivity (Wildman–Crippen MR) is 170 cm³/mol. The van der Waals surface area contributed by atoms with Crippen molar-refractivity contribution in [1.29, 1.82) is 0 Å². The van der Waals surface area contributed by atoms with E-state index < -0.39 is 12.0 Å². The fourth-order valence-electron chi connectivity index (χ4n) is 4.83. The topological polar surface area (TPSA) is 101 Å². The van der Waals surface area contributed by atoms with Crippen LogP contribution in [-0.4, -0.2) is 44.6 Å². The van der Waals surface area contributed by atoms with Crippen molar-refractivity contribution in [2.75, 3.05) is 34.0 Å². The number of esters is 1. The summed E-state index contributed by atoms with van der Waals surface area (Å²) in [5.74, 6) is 1.23. The van der Waals surface area contributed by atoms with Crippen molar-refractivity contribution in [1.82, 2.24) is 4.57 Å². The third-order valence-corrected chi connectivity index (χ3v) is 8.38. The van der Waals surface area contributed by atoms with E-state index in [4.69, 9.17) is 46.6 Å². The Hall–Kier alpha value is -3.83. The number of rotatable bonds is 11. The number of methoxy groups -OCH3 is 2. The second-order valence-electron chi connectivity index (χ2n) is 9.76. The van der Waals surface area contributed by atoms with Gasteiger partial charge in [0.05, 0.1) is 41.1 Å². The molecule has 1 atom stereocenters. The lowest BCUT2D eigenvalue weighted by Gasteiger charge is -2.27. The quantitative estimate of drug-likeness (QED) is 0.149. The highest BCUT2D eigenvalue weighted by atomic mass is 35.5. The van der Waals surface area contributed by atoms with Gasteiger partial charge in [0.25, 0.3) is 5.56 Å². The Bertz CT molecular complexity index is 1910. The van der Waals surface area contributed by atoms with Gasteiger partial charge in [-0.2, -0.15) is 0 Å². The van der Waals surface area contributed by atoms with Crippen LogP contribution in [0.25, 0.3) is 17.4 Å². The maximum atomic E-state index is 14.1. The summed E-state index contributed by atoms with van der Waals surface area (Å²) < 4.78 is 30.2. The number of benzene rings is 2. The third-order valence-electron chi connectivity index (χ3n) is 6.83. The van der Waals surface area contributed by atoms with Crippen LogP contribution in [0.1, 0.15) is 37.6 Å². The van der Waals surface area contributed by atoms with E-state index in [1.807, 2.05) is 13.0 Å². The van der Waals surface area contributed by atoms with Crippen LogP contribution < -0.4 is 24.4 Å². The highest BCUT2D eigenvalue weighted by molar-refractivity contribution is 7.07. The number of fused-ring (bicyclic) bond motifs is 1. The molecule has 0 aliphatic carbocycles. The van der Waals surface area contributed by atoms with E-state index in [-0.39, 0.29) is 24.3 Å². The van der Waals surface area contributed by atoms with Crippen LogP contribution in [0.2, 0.25) is 10.0 Å². The van der Waals surface area contributed by atoms with Crippen LogP contribution in [0.4, 0.5) is 0 Å². The molecule has 0 spiro atoms. The number of para-hydroxylation sites is 1. The Kier molecular flexibility index (Phi) is 9.95. The number of allylic oxidation sites excluding steroid dienone is 1. The van der Waals surface area contributed by atoms with Gasteiger partial charge in [-0.25, -0.2) is 9.79 Å². The molecule has 3 heterocycles. The van der Waals surface area contributed by atoms with Gasteiger partial charge in [-0.05, 0) is 49.7 Å². The molecule has 4 aromatic rings. The molecule has 0 unspecified atom stereocenters. The molecule has 44 heavy (non-hydrogen) atoms. The zero-order valence-electron chi connectivity index (χ0n) is 24.5. The SMILES string of the molecule is CCCOc1c(OC)cccc1[C@H]1C(C(=O)OCCOC)=C(C)N=c2s/c(=C/c3ccc(-c4cc(Cl)ccc4Cl)o3)c(=O)n21. The number of hydrogen-bond acceptors (Lipinski definition) is 9. The zero-order valence-corrected chi connectivity index (χ0v) is 26.8. The van der Waals surface area contributed by atoms with E-state index in [0.29, 0.717) is 65.8 Å². The summed E-state index contributed by atoms with van der Waals surface area (Å²) in [6.45, 7) is 4.37. The first-order valence-corrected chi connectivity index (χ1v) is 15.4. The highest BCUT2D eigenvalue weighted by Gasteiger charge is 2.36. The fourth-order valence-corrected chi connectivity index (χ4v) is 6.24. The van der Waals surface area contributed by atoms with Crippen LogP contribution in [0.15, 0.2) is 74.0 Å². The number of halogens is 2. The van der Waals surface area contributed by atoms with Crippen LogP contribution in [0.5, 0.6) is 11.5 Å². The van der Waals surface area contributed by atoms with Crippen molar-refractivity contribution in [3.05, 3.63) is 101 Å². The average molecular weight is 658 g/mol. The van der Waals surface area contributed by atoms with Gasteiger partial charge in [0.1, 0.15) is 24.2 Å². The lowest BCUT2D eigenvalue weighted by atomic mass is 9.94. The standard InChI is InChI=1S/C32H30Cl2N2O7S/c1-5-13-41-29-21(7-6-8-25(29)40-4)28-27(31(38)42-15-14-39-3)18(2)35-32-36(28)30(37)26(44-32)17-20-10-12-24(43-20)22-16-19(33)9-11-23(22)34/h6-12,16-17,28H,5,13-15H2,1-4H3/b26-17+/t28-/m0/s1. The van der Waals surface area contributed by atoms with Gasteiger partial charge >= 0.3 is 5.97 Å². The van der Waals surface area contributed by atoms with Crippen LogP contribution in [0, 0.1) is 0 Å². The molecule has 230 valence electrons. The number of carbonyl (C=O) groups is 1. The molecule has 0 saturated heterocycles. The molecule has 0 amide bonds. The van der Waals surface area contributed by atoms with Crippen molar-refractivity contribution in [2.24, 2.45) is 4.99 Å². The molecule has 0 fully saturated rings. The van der Waals surface area contributed by atoms with Crippen LogP contribution in [0.3, 0.4) is 0 Å². The van der Waals surface area contributed by atoms with Crippen LogP contribution in [-0.2, 0) is 14.3 Å². The summed E-state index contributed by atoms with van der Waals surface area (Å²) in [6.07, 6.45) is 2.38. The number of furan rings is 1. The molecule has 5 rings (SSSR count). The molecule has 0 saturated carbocycles. The number of ether oxygens (including phenoxy) is 4. The molecular formula is C32H30Cl2N2O7S. The van der Waals surface area contributed by atoms with Gasteiger partial charge in [-0.1, -0.05) is 53.6 Å². The van der Waals surface area contributed by atoms with Gasteiger partial charge in [0.2, 0.25) is 0 Å². The maximum absolute atomic E-state index is 14.1. The molecule has 2 aromatic carbocycles. The van der Waals surface area contributed by atoms with Gasteiger partial charge in [-0.15, -0.1) is 0 Å². The average Bonchev–Trinajstić information content (AvgIpc) is 3.60. The minimum atomic E-state index is -0.900. The second-order valence-corrected chi connectivity index (χ2v) is 11.6. The molecule has 0 radical (unpaired) electrons. The largest absolute Gasteiger partial charge is 0.493 e. The summed E-state index contributed by atoms with van der Waals surface area (Å²) in [4.78, 5) is 32.7. The molecular weight excluding hydrogens is 627 g/mol. The summed E-state index contributed by atoms with van der Waals surface area (Å²) in [5, 5.41) is 0.997. The Morgan fingerprint density at radius 3 is 2.68 bits per heavy atom. The predicted octanol–water partition coefficient (Wildman–Crippen LogP) is 5.79. The molecule has 0 N–H and O–H groups in total. The Labute approximate surface area is 267 Å². The smallest absolute Gasteiger partial charge is 0.338 e. The number of carbonyl (C=O) groups excluding carboxylic acids is 1. The summed E-state index contributed by atoms with van der Waals surface area (Å²) >= 11 is 13.7. The second kappa shape index (κ2) is 13.9. The summed E-state index contributed by atoms with van der Waals surface area (Å²) in [6, 6.07) is 13.1. The summed E-state index contributed by atoms with van der Waals surface area (Å²) in [7, 11) is 3.06. The molecule has 9 nitrogen and oxygen atoms in total. The minimum Gasteiger partial charge on any atom is -0.493 e. The first-order valence-electron chi connectivity index (χ1n) is 13.8. The fraction of sp³-hybridized carbons (Fsp3) is 0.281. The summed E-state index contributed by atoms with van der Waals surface area (Å²) in [5.41, 5.74) is 1.46. The van der Waals surface area contributed by atoms with E-state index >= 15 is 0 Å². The number of nitrogens with zero attached hydrogens (tertiary/aromatic N) is 2. The molecule has 1 aliphatic rings. The van der Waals surface area contributed by atoms with Crippen LogP contribution >= 0.6 is 34.5 Å². The van der Waals surface area contributed by atoms with Crippen molar-refractivity contribution >= 4 is 46.6 Å². The van der Waals surface area contributed by atoms with E-state index in [0.717, 1.165) is 6.42 Å². The lowest BCUT2D eigenvalue weighted by Crippen LogP contribution is -2.40. The first kappa shape index (κ1) is 31.6. The number of thiazole rings is 1. The Balaban J connectivity index is 1.67. The van der Waals surface area contributed by atoms with E-state index in [9.17, 15) is 9.59 Å². The monoisotopic (exact) mass is 656 g/mol. The molecule has 12 heteroatoms. The lowest BCUT2D eigenvalue weighted by molar-refractivity contribution is -0.140. The zero-order chi connectivity index (χ0) is 31.4. The number of hydrogen-bond donors (Lipinski definition) is 0. The van der Waals surface area contributed by atoms with E-state index in [1.165, 1.54) is 23.0 Å². The maximum Gasteiger partial charge on any atom is 0.338 e. The third kappa shape index (κ3) is 6.34. The minimum absolute atomic E-state index is 0.0397. The normalized spacial score (nSPS) is 14.8. The van der Waals surface area contributed by atoms with Crippen molar-refractivity contribution in [2.45, 2.75) is 26.3 Å². The van der Waals surface area contributed by atoms with Crippen molar-refractivity contribution in [3.8, 4) is 22.8 Å². The number of aromatic nitrogens is 1. The van der Waals surface area contributed by atoms with Crippen molar-refractivity contribution in [3.63, 3.8) is 0 Å². The highest BCUT2D eigenvalue weighted by Crippen LogP contribution is 2.41. The van der Waals surface area contributed by atoms with E-state index in [2.05, 4.69) is 4.99 Å². The van der Waals surface area contributed by atoms with Gasteiger partial charge in [0.15, 0.2) is 16.3 Å². The van der Waals surface area contributed by atoms with Gasteiger partial charge in [0, 0.05) is 29.3 Å². The Morgan fingerprint density at radius 2 is 1.93 bits per heavy atom. The van der Waals surface area contributed by atoms with Gasteiger partial charge < -0.3 is 23.4 Å². The molecule has 1 aliphatic heterocycles.